The quantitative estimate of drug-likeness (QED) is 0.786. The molecule has 2 saturated heterocycles. The fourth-order valence-corrected chi connectivity index (χ4v) is 3.77. The van der Waals surface area contributed by atoms with E-state index in [9.17, 15) is 0 Å². The molecule has 0 aromatic rings. The van der Waals surface area contributed by atoms with Crippen LogP contribution in [0.1, 0.15) is 39.0 Å². The van der Waals surface area contributed by atoms with E-state index >= 15 is 0 Å². The number of piperidine rings is 1. The van der Waals surface area contributed by atoms with Crippen molar-refractivity contribution in [3.63, 3.8) is 0 Å². The number of likely N-dealkylation sites (tertiary alicyclic amines) is 1. The van der Waals surface area contributed by atoms with Gasteiger partial charge >= 0.3 is 0 Å². The van der Waals surface area contributed by atoms with Crippen LogP contribution in [0.3, 0.4) is 0 Å². The van der Waals surface area contributed by atoms with Crippen molar-refractivity contribution in [1.29, 1.82) is 0 Å². The van der Waals surface area contributed by atoms with Crippen molar-refractivity contribution >= 4 is 0 Å². The maximum absolute atomic E-state index is 5.28. The molecule has 2 fully saturated rings. The third kappa shape index (κ3) is 3.69. The minimum atomic E-state index is 0.572. The van der Waals surface area contributed by atoms with Gasteiger partial charge in [0, 0.05) is 26.8 Å². The molecule has 3 nitrogen and oxygen atoms in total. The van der Waals surface area contributed by atoms with E-state index in [4.69, 9.17) is 4.74 Å². The predicted molar refractivity (Wildman–Crippen MR) is 75.9 cm³/mol. The van der Waals surface area contributed by atoms with E-state index in [1.165, 1.54) is 64.8 Å². The van der Waals surface area contributed by atoms with Crippen molar-refractivity contribution in [3.05, 3.63) is 0 Å². The summed E-state index contributed by atoms with van der Waals surface area (Å²) in [7, 11) is 1.83. The van der Waals surface area contributed by atoms with Gasteiger partial charge in [-0.1, -0.05) is 13.3 Å². The molecule has 0 aromatic heterocycles. The second-order valence-electron chi connectivity index (χ2n) is 6.35. The molecule has 0 bridgehead atoms. The predicted octanol–water partition coefficient (Wildman–Crippen LogP) is 2.12. The van der Waals surface area contributed by atoms with Crippen LogP contribution in [0.2, 0.25) is 0 Å². The first-order valence-corrected chi connectivity index (χ1v) is 7.70. The summed E-state index contributed by atoms with van der Waals surface area (Å²) < 4.78 is 5.28. The Bertz CT molecular complexity index is 231. The number of methoxy groups -OCH3 is 1. The number of hydrogen-bond donors (Lipinski definition) is 1. The van der Waals surface area contributed by atoms with Crippen molar-refractivity contribution in [2.45, 2.75) is 39.0 Å². The molecule has 0 amide bonds. The monoisotopic (exact) mass is 254 g/mol. The van der Waals surface area contributed by atoms with Crippen LogP contribution in [0.5, 0.6) is 0 Å². The summed E-state index contributed by atoms with van der Waals surface area (Å²) in [5, 5.41) is 3.57. The molecule has 18 heavy (non-hydrogen) atoms. The van der Waals surface area contributed by atoms with Gasteiger partial charge in [-0.25, -0.2) is 0 Å². The Morgan fingerprint density at radius 2 is 2.11 bits per heavy atom. The summed E-state index contributed by atoms with van der Waals surface area (Å²) in [6, 6.07) is 0. The maximum Gasteiger partial charge on any atom is 0.0491 e. The van der Waals surface area contributed by atoms with Gasteiger partial charge < -0.3 is 15.0 Å². The van der Waals surface area contributed by atoms with Gasteiger partial charge in [0.15, 0.2) is 0 Å². The van der Waals surface area contributed by atoms with Gasteiger partial charge in [0.25, 0.3) is 0 Å². The van der Waals surface area contributed by atoms with Crippen LogP contribution in [0.15, 0.2) is 0 Å². The number of ether oxygens (including phenoxy) is 1. The largest absolute Gasteiger partial charge is 0.384 e. The smallest absolute Gasteiger partial charge is 0.0491 e. The van der Waals surface area contributed by atoms with Gasteiger partial charge in [-0.2, -0.15) is 0 Å². The van der Waals surface area contributed by atoms with E-state index in [1.54, 1.807) is 0 Å². The van der Waals surface area contributed by atoms with Gasteiger partial charge in [-0.3, -0.25) is 0 Å². The number of hydrogen-bond acceptors (Lipinski definition) is 3. The lowest BCUT2D eigenvalue weighted by Gasteiger charge is -2.38. The lowest BCUT2D eigenvalue weighted by atomic mass is 9.81. The summed E-state index contributed by atoms with van der Waals surface area (Å²) >= 11 is 0. The van der Waals surface area contributed by atoms with E-state index in [0.29, 0.717) is 5.41 Å². The summed E-state index contributed by atoms with van der Waals surface area (Å²) in [6.07, 6.45) is 6.73. The van der Waals surface area contributed by atoms with Crippen molar-refractivity contribution in [2.75, 3.05) is 46.4 Å². The molecule has 3 heteroatoms. The van der Waals surface area contributed by atoms with Crippen LogP contribution in [0, 0.1) is 11.3 Å². The molecular formula is C15H30N2O. The zero-order chi connectivity index (χ0) is 12.8. The van der Waals surface area contributed by atoms with Gasteiger partial charge in [-0.05, 0) is 56.7 Å². The molecule has 0 spiro atoms. The summed E-state index contributed by atoms with van der Waals surface area (Å²) in [4.78, 5) is 2.70. The molecular weight excluding hydrogens is 224 g/mol. The fraction of sp³-hybridized carbons (Fsp3) is 1.00. The number of nitrogens with zero attached hydrogens (tertiary/aromatic N) is 1. The second kappa shape index (κ2) is 6.88. The Hall–Kier alpha value is -0.120. The molecule has 106 valence electrons. The molecule has 2 rings (SSSR count). The molecule has 1 atom stereocenters. The van der Waals surface area contributed by atoms with Crippen molar-refractivity contribution < 1.29 is 4.74 Å². The molecule has 2 aliphatic rings. The van der Waals surface area contributed by atoms with E-state index < -0.39 is 0 Å². The Morgan fingerprint density at radius 3 is 2.67 bits per heavy atom. The minimum Gasteiger partial charge on any atom is -0.384 e. The lowest BCUT2D eigenvalue weighted by molar-refractivity contribution is 0.0748. The highest BCUT2D eigenvalue weighted by atomic mass is 16.5. The third-order valence-electron chi connectivity index (χ3n) is 4.78. The molecule has 2 heterocycles. The Labute approximate surface area is 112 Å². The Balaban J connectivity index is 1.79. The van der Waals surface area contributed by atoms with E-state index in [-0.39, 0.29) is 0 Å². The highest BCUT2D eigenvalue weighted by Crippen LogP contribution is 2.33. The molecule has 0 aliphatic carbocycles. The van der Waals surface area contributed by atoms with E-state index in [0.717, 1.165) is 12.5 Å². The van der Waals surface area contributed by atoms with Crippen LogP contribution in [0.25, 0.3) is 0 Å². The highest BCUT2D eigenvalue weighted by Gasteiger charge is 2.35. The van der Waals surface area contributed by atoms with Crippen LogP contribution in [0.4, 0.5) is 0 Å². The van der Waals surface area contributed by atoms with Crippen molar-refractivity contribution in [3.8, 4) is 0 Å². The summed E-state index contributed by atoms with van der Waals surface area (Å²) in [6.45, 7) is 9.60. The van der Waals surface area contributed by atoms with Crippen LogP contribution in [-0.4, -0.2) is 51.3 Å². The maximum atomic E-state index is 5.28. The van der Waals surface area contributed by atoms with Crippen molar-refractivity contribution in [1.82, 2.24) is 10.2 Å². The second-order valence-corrected chi connectivity index (χ2v) is 6.35. The topological polar surface area (TPSA) is 24.5 Å². The van der Waals surface area contributed by atoms with E-state index in [1.807, 2.05) is 7.11 Å². The van der Waals surface area contributed by atoms with E-state index in [2.05, 4.69) is 17.1 Å². The van der Waals surface area contributed by atoms with Gasteiger partial charge in [0.1, 0.15) is 0 Å². The van der Waals surface area contributed by atoms with Gasteiger partial charge in [-0.15, -0.1) is 0 Å². The minimum absolute atomic E-state index is 0.572. The first kappa shape index (κ1) is 14.3. The normalized spacial score (nSPS) is 31.0. The van der Waals surface area contributed by atoms with Crippen LogP contribution >= 0.6 is 0 Å². The molecule has 1 unspecified atom stereocenters. The standard InChI is InChI=1S/C15H30N2O/c1-3-6-15(7-8-16-12-15)13-17-9-4-14(5-10-17)11-18-2/h14,16H,3-13H2,1-2H3. The average Bonchev–Trinajstić information content (AvgIpc) is 2.81. The van der Waals surface area contributed by atoms with Crippen LogP contribution < -0.4 is 5.32 Å². The molecule has 0 aromatic carbocycles. The Morgan fingerprint density at radius 1 is 1.33 bits per heavy atom. The van der Waals surface area contributed by atoms with Crippen molar-refractivity contribution in [2.24, 2.45) is 11.3 Å². The van der Waals surface area contributed by atoms with Gasteiger partial charge in [0.2, 0.25) is 0 Å². The molecule has 0 radical (unpaired) electrons. The average molecular weight is 254 g/mol. The molecule has 0 saturated carbocycles. The Kier molecular flexibility index (Phi) is 5.46. The molecule has 1 N–H and O–H groups in total. The van der Waals surface area contributed by atoms with Gasteiger partial charge in [0.05, 0.1) is 0 Å². The first-order chi connectivity index (χ1) is 8.78. The SMILES string of the molecule is CCCC1(CN2CCC(COC)CC2)CCNC1. The summed E-state index contributed by atoms with van der Waals surface area (Å²) in [5.41, 5.74) is 0.572. The summed E-state index contributed by atoms with van der Waals surface area (Å²) in [5.74, 6) is 0.801. The third-order valence-corrected chi connectivity index (χ3v) is 4.78. The zero-order valence-corrected chi connectivity index (χ0v) is 12.2. The highest BCUT2D eigenvalue weighted by molar-refractivity contribution is 4.91. The van der Waals surface area contributed by atoms with Crippen LogP contribution in [-0.2, 0) is 4.74 Å². The first-order valence-electron chi connectivity index (χ1n) is 7.70. The number of nitrogens with one attached hydrogen (secondary N) is 1. The lowest BCUT2D eigenvalue weighted by Crippen LogP contribution is -2.43. The fourth-order valence-electron chi connectivity index (χ4n) is 3.77. The zero-order valence-electron chi connectivity index (χ0n) is 12.2. The molecule has 2 aliphatic heterocycles. The number of rotatable bonds is 6.